The highest BCUT2D eigenvalue weighted by Crippen LogP contribution is 2.29. The second kappa shape index (κ2) is 6.31. The van der Waals surface area contributed by atoms with E-state index in [0.717, 1.165) is 11.6 Å². The molecule has 1 nitrogen and oxygen atoms in total. The smallest absolute Gasteiger partial charge is 0.306 e. The molecule has 0 saturated heterocycles. The van der Waals surface area contributed by atoms with E-state index in [1.165, 1.54) is 17.7 Å². The summed E-state index contributed by atoms with van der Waals surface area (Å²) in [6.07, 6.45) is -4.29. The molecule has 0 aliphatic rings. The van der Waals surface area contributed by atoms with Gasteiger partial charge in [0.25, 0.3) is 0 Å². The maximum absolute atomic E-state index is 12.6. The lowest BCUT2D eigenvalue weighted by Gasteiger charge is -2.15. The molecule has 1 N–H and O–H groups in total. The first kappa shape index (κ1) is 15.6. The second-order valence-corrected chi connectivity index (χ2v) is 5.21. The van der Waals surface area contributed by atoms with Gasteiger partial charge in [-0.2, -0.15) is 13.2 Å². The van der Waals surface area contributed by atoms with Gasteiger partial charge in [0.05, 0.1) is 5.56 Å². The monoisotopic (exact) mass is 293 g/mol. The molecule has 0 amide bonds. The van der Waals surface area contributed by atoms with Gasteiger partial charge in [0, 0.05) is 12.6 Å². The van der Waals surface area contributed by atoms with Gasteiger partial charge < -0.3 is 5.32 Å². The van der Waals surface area contributed by atoms with Crippen LogP contribution in [0.3, 0.4) is 0 Å². The normalized spacial score (nSPS) is 13.2. The number of halogens is 3. The van der Waals surface area contributed by atoms with E-state index in [9.17, 15) is 13.2 Å². The summed E-state index contributed by atoms with van der Waals surface area (Å²) < 4.78 is 37.9. The Morgan fingerprint density at radius 3 is 2.33 bits per heavy atom. The molecule has 1 unspecified atom stereocenters. The molecule has 4 heteroatoms. The Balaban J connectivity index is 2.01. The van der Waals surface area contributed by atoms with Crippen molar-refractivity contribution < 1.29 is 13.2 Å². The van der Waals surface area contributed by atoms with Crippen molar-refractivity contribution in [2.75, 3.05) is 0 Å². The molecule has 0 aromatic heterocycles. The number of alkyl halides is 3. The first-order chi connectivity index (χ1) is 9.86. The molecule has 0 saturated carbocycles. The van der Waals surface area contributed by atoms with Crippen LogP contribution in [0.1, 0.15) is 35.2 Å². The fourth-order valence-electron chi connectivity index (χ4n) is 2.10. The maximum atomic E-state index is 12.6. The molecule has 2 aromatic carbocycles. The van der Waals surface area contributed by atoms with Crippen LogP contribution in [0, 0.1) is 6.92 Å². The van der Waals surface area contributed by atoms with Crippen molar-refractivity contribution in [1.82, 2.24) is 5.32 Å². The van der Waals surface area contributed by atoms with Gasteiger partial charge in [0.1, 0.15) is 0 Å². The summed E-state index contributed by atoms with van der Waals surface area (Å²) in [5.74, 6) is 0. The summed E-state index contributed by atoms with van der Waals surface area (Å²) in [5, 5.41) is 3.25. The fourth-order valence-corrected chi connectivity index (χ4v) is 2.10. The SMILES string of the molecule is Cc1ccc(C(C)NCc2cccc(C(F)(F)F)c2)cc1. The van der Waals surface area contributed by atoms with Crippen LogP contribution in [0.15, 0.2) is 48.5 Å². The third-order valence-corrected chi connectivity index (χ3v) is 3.44. The molecule has 0 heterocycles. The Kier molecular flexibility index (Phi) is 4.68. The predicted molar refractivity (Wildman–Crippen MR) is 77.9 cm³/mol. The molecule has 21 heavy (non-hydrogen) atoms. The van der Waals surface area contributed by atoms with Crippen LogP contribution < -0.4 is 5.32 Å². The minimum absolute atomic E-state index is 0.0835. The van der Waals surface area contributed by atoms with Crippen LogP contribution >= 0.6 is 0 Å². The highest BCUT2D eigenvalue weighted by molar-refractivity contribution is 5.27. The molecule has 112 valence electrons. The first-order valence-corrected chi connectivity index (χ1v) is 6.82. The number of benzene rings is 2. The van der Waals surface area contributed by atoms with Crippen LogP contribution in [-0.4, -0.2) is 0 Å². The van der Waals surface area contributed by atoms with E-state index in [1.54, 1.807) is 6.07 Å². The van der Waals surface area contributed by atoms with Crippen LogP contribution in [0.4, 0.5) is 13.2 Å². The zero-order chi connectivity index (χ0) is 15.5. The highest BCUT2D eigenvalue weighted by atomic mass is 19.4. The van der Waals surface area contributed by atoms with Gasteiger partial charge in [-0.25, -0.2) is 0 Å². The van der Waals surface area contributed by atoms with Crippen LogP contribution in [0.5, 0.6) is 0 Å². The van der Waals surface area contributed by atoms with E-state index in [0.29, 0.717) is 12.1 Å². The summed E-state index contributed by atoms with van der Waals surface area (Å²) >= 11 is 0. The van der Waals surface area contributed by atoms with Gasteiger partial charge in [-0.1, -0.05) is 48.0 Å². The van der Waals surface area contributed by atoms with Gasteiger partial charge in [0.15, 0.2) is 0 Å². The second-order valence-electron chi connectivity index (χ2n) is 5.21. The van der Waals surface area contributed by atoms with Crippen LogP contribution in [0.25, 0.3) is 0 Å². The Morgan fingerprint density at radius 2 is 1.71 bits per heavy atom. The fraction of sp³-hybridized carbons (Fsp3) is 0.294. The summed E-state index contributed by atoms with van der Waals surface area (Å²) in [6.45, 7) is 4.42. The van der Waals surface area contributed by atoms with Gasteiger partial charge in [-0.3, -0.25) is 0 Å². The summed E-state index contributed by atoms with van der Waals surface area (Å²) in [6, 6.07) is 13.6. The zero-order valence-corrected chi connectivity index (χ0v) is 12.0. The number of rotatable bonds is 4. The Hall–Kier alpha value is -1.81. The molecule has 2 aromatic rings. The van der Waals surface area contributed by atoms with Gasteiger partial charge in [-0.05, 0) is 31.0 Å². The van der Waals surface area contributed by atoms with Crippen molar-refractivity contribution in [2.24, 2.45) is 0 Å². The van der Waals surface area contributed by atoms with Gasteiger partial charge >= 0.3 is 6.18 Å². The number of hydrogen-bond donors (Lipinski definition) is 1. The number of aryl methyl sites for hydroxylation is 1. The average Bonchev–Trinajstić information content (AvgIpc) is 2.45. The quantitative estimate of drug-likeness (QED) is 0.848. The van der Waals surface area contributed by atoms with Gasteiger partial charge in [-0.15, -0.1) is 0 Å². The minimum Gasteiger partial charge on any atom is -0.306 e. The lowest BCUT2D eigenvalue weighted by Crippen LogP contribution is -2.18. The lowest BCUT2D eigenvalue weighted by molar-refractivity contribution is -0.137. The maximum Gasteiger partial charge on any atom is 0.416 e. The Bertz CT molecular complexity index is 588. The summed E-state index contributed by atoms with van der Waals surface area (Å²) in [4.78, 5) is 0. The molecule has 0 bridgehead atoms. The van der Waals surface area contributed by atoms with Crippen LogP contribution in [0.2, 0.25) is 0 Å². The largest absolute Gasteiger partial charge is 0.416 e. The Labute approximate surface area is 122 Å². The van der Waals surface area contributed by atoms with E-state index in [-0.39, 0.29) is 6.04 Å². The topological polar surface area (TPSA) is 12.0 Å². The van der Waals surface area contributed by atoms with E-state index >= 15 is 0 Å². The van der Waals surface area contributed by atoms with Crippen molar-refractivity contribution in [1.29, 1.82) is 0 Å². The summed E-state index contributed by atoms with van der Waals surface area (Å²) in [7, 11) is 0. The molecule has 2 rings (SSSR count). The van der Waals surface area contributed by atoms with Crippen molar-refractivity contribution in [3.05, 3.63) is 70.8 Å². The van der Waals surface area contributed by atoms with Crippen LogP contribution in [-0.2, 0) is 12.7 Å². The van der Waals surface area contributed by atoms with Crippen molar-refractivity contribution in [2.45, 2.75) is 32.6 Å². The van der Waals surface area contributed by atoms with Crippen molar-refractivity contribution in [3.63, 3.8) is 0 Å². The third kappa shape index (κ3) is 4.33. The van der Waals surface area contributed by atoms with E-state index < -0.39 is 11.7 Å². The van der Waals surface area contributed by atoms with Crippen molar-refractivity contribution in [3.8, 4) is 0 Å². The molecule has 0 radical (unpaired) electrons. The van der Waals surface area contributed by atoms with E-state index in [1.807, 2.05) is 38.1 Å². The molecular formula is C17H18F3N. The molecule has 0 aliphatic heterocycles. The molecule has 0 fully saturated rings. The number of nitrogens with one attached hydrogen (secondary N) is 1. The zero-order valence-electron chi connectivity index (χ0n) is 12.0. The third-order valence-electron chi connectivity index (χ3n) is 3.44. The summed E-state index contributed by atoms with van der Waals surface area (Å²) in [5.41, 5.74) is 2.32. The van der Waals surface area contributed by atoms with E-state index in [4.69, 9.17) is 0 Å². The molecule has 0 aliphatic carbocycles. The highest BCUT2D eigenvalue weighted by Gasteiger charge is 2.30. The standard InChI is InChI=1S/C17H18F3N/c1-12-6-8-15(9-7-12)13(2)21-11-14-4-3-5-16(10-14)17(18,19)20/h3-10,13,21H,11H2,1-2H3. The van der Waals surface area contributed by atoms with Gasteiger partial charge in [0.2, 0.25) is 0 Å². The molecule has 0 spiro atoms. The lowest BCUT2D eigenvalue weighted by atomic mass is 10.1. The first-order valence-electron chi connectivity index (χ1n) is 6.82. The minimum atomic E-state index is -4.29. The number of hydrogen-bond acceptors (Lipinski definition) is 1. The predicted octanol–water partition coefficient (Wildman–Crippen LogP) is 4.86. The molecular weight excluding hydrogens is 275 g/mol. The Morgan fingerprint density at radius 1 is 1.05 bits per heavy atom. The molecule has 1 atom stereocenters. The van der Waals surface area contributed by atoms with Crippen molar-refractivity contribution >= 4 is 0 Å². The van der Waals surface area contributed by atoms with E-state index in [2.05, 4.69) is 5.32 Å². The average molecular weight is 293 g/mol.